The van der Waals surface area contributed by atoms with Crippen LogP contribution in [0.15, 0.2) is 14.3 Å². The Kier molecular flexibility index (Phi) is 5.04. The van der Waals surface area contributed by atoms with Crippen molar-refractivity contribution < 1.29 is 4.79 Å². The highest BCUT2D eigenvalue weighted by molar-refractivity contribution is 9.13. The van der Waals surface area contributed by atoms with Crippen molar-refractivity contribution in [3.63, 3.8) is 0 Å². The maximum absolute atomic E-state index is 12.0. The summed E-state index contributed by atoms with van der Waals surface area (Å²) in [6.45, 7) is 5.99. The average molecular weight is 434 g/mol. The van der Waals surface area contributed by atoms with Crippen molar-refractivity contribution in [2.24, 2.45) is 0 Å². The molecule has 2 nitrogen and oxygen atoms in total. The molecule has 0 bridgehead atoms. The molecular formula is C10H12Br3NOS. The Labute approximate surface area is 125 Å². The standard InChI is InChI=1S/C10H12Br3NOS/c1-5(11)10(2,3)14-9(15)7-4-6(12)8(13)16-7/h4-5H,1-3H3,(H,14,15). The van der Waals surface area contributed by atoms with Gasteiger partial charge in [0.1, 0.15) is 0 Å². The van der Waals surface area contributed by atoms with E-state index < -0.39 is 0 Å². The van der Waals surface area contributed by atoms with Gasteiger partial charge in [0.15, 0.2) is 0 Å². The lowest BCUT2D eigenvalue weighted by atomic mass is 10.0. The van der Waals surface area contributed by atoms with Gasteiger partial charge in [-0.15, -0.1) is 11.3 Å². The Balaban J connectivity index is 2.80. The van der Waals surface area contributed by atoms with Gasteiger partial charge in [-0.05, 0) is 51.8 Å². The van der Waals surface area contributed by atoms with Crippen LogP contribution in [0.1, 0.15) is 30.4 Å². The van der Waals surface area contributed by atoms with Gasteiger partial charge in [0.2, 0.25) is 0 Å². The summed E-state index contributed by atoms with van der Waals surface area (Å²) in [5.41, 5.74) is -0.278. The number of nitrogens with one attached hydrogen (secondary N) is 1. The number of carbonyl (C=O) groups excluding carboxylic acids is 1. The second kappa shape index (κ2) is 5.50. The molecule has 0 aromatic carbocycles. The van der Waals surface area contributed by atoms with Crippen LogP contribution in [0.3, 0.4) is 0 Å². The van der Waals surface area contributed by atoms with E-state index in [9.17, 15) is 4.79 Å². The predicted octanol–water partition coefficient (Wildman–Crippen LogP) is 4.56. The van der Waals surface area contributed by atoms with E-state index in [0.717, 1.165) is 8.26 Å². The molecule has 0 radical (unpaired) electrons. The predicted molar refractivity (Wildman–Crippen MR) is 79.7 cm³/mol. The Morgan fingerprint density at radius 2 is 2.06 bits per heavy atom. The van der Waals surface area contributed by atoms with Crippen LogP contribution in [0.5, 0.6) is 0 Å². The SMILES string of the molecule is CC(Br)C(C)(C)NC(=O)c1cc(Br)c(Br)s1. The van der Waals surface area contributed by atoms with Crippen LogP contribution in [0.2, 0.25) is 0 Å². The van der Waals surface area contributed by atoms with E-state index in [1.54, 1.807) is 0 Å². The molecule has 1 atom stereocenters. The maximum Gasteiger partial charge on any atom is 0.261 e. The van der Waals surface area contributed by atoms with Crippen LogP contribution in [0, 0.1) is 0 Å². The number of rotatable bonds is 3. The molecule has 0 saturated carbocycles. The first-order chi connectivity index (χ1) is 7.24. The second-order valence-electron chi connectivity index (χ2n) is 4.02. The summed E-state index contributed by atoms with van der Waals surface area (Å²) < 4.78 is 1.84. The van der Waals surface area contributed by atoms with Gasteiger partial charge in [0.05, 0.1) is 8.66 Å². The number of hydrogen-bond donors (Lipinski definition) is 1. The molecular weight excluding hydrogens is 422 g/mol. The molecule has 1 amide bonds. The van der Waals surface area contributed by atoms with Gasteiger partial charge in [-0.25, -0.2) is 0 Å². The van der Waals surface area contributed by atoms with Crippen LogP contribution < -0.4 is 5.32 Å². The first-order valence-corrected chi connectivity index (χ1v) is 7.97. The minimum atomic E-state index is -0.278. The number of halogens is 3. The minimum absolute atomic E-state index is 0.0484. The summed E-state index contributed by atoms with van der Waals surface area (Å²) in [6, 6.07) is 1.82. The van der Waals surface area contributed by atoms with Crippen molar-refractivity contribution in [3.05, 3.63) is 19.2 Å². The van der Waals surface area contributed by atoms with Gasteiger partial charge in [0.25, 0.3) is 5.91 Å². The zero-order valence-electron chi connectivity index (χ0n) is 9.11. The average Bonchev–Trinajstić information content (AvgIpc) is 2.46. The number of carbonyl (C=O) groups is 1. The quantitative estimate of drug-likeness (QED) is 0.695. The molecule has 16 heavy (non-hydrogen) atoms. The number of amides is 1. The third-order valence-corrected chi connectivity index (χ3v) is 6.70. The summed E-state index contributed by atoms with van der Waals surface area (Å²) in [5, 5.41) is 3.00. The highest BCUT2D eigenvalue weighted by Gasteiger charge is 2.26. The van der Waals surface area contributed by atoms with Crippen molar-refractivity contribution in [3.8, 4) is 0 Å². The minimum Gasteiger partial charge on any atom is -0.345 e. The molecule has 0 aliphatic rings. The van der Waals surface area contributed by atoms with Gasteiger partial charge in [0, 0.05) is 14.8 Å². The molecule has 0 aliphatic carbocycles. The first kappa shape index (κ1) is 14.7. The van der Waals surface area contributed by atoms with Crippen molar-refractivity contribution in [2.45, 2.75) is 31.1 Å². The van der Waals surface area contributed by atoms with Crippen molar-refractivity contribution in [1.82, 2.24) is 5.32 Å². The second-order valence-corrected chi connectivity index (χ2v) is 8.62. The number of hydrogen-bond acceptors (Lipinski definition) is 2. The molecule has 1 unspecified atom stereocenters. The third kappa shape index (κ3) is 3.55. The molecule has 0 aliphatic heterocycles. The van der Waals surface area contributed by atoms with Gasteiger partial charge < -0.3 is 5.32 Å². The summed E-state index contributed by atoms with van der Waals surface area (Å²) >= 11 is 11.6. The van der Waals surface area contributed by atoms with Crippen molar-refractivity contribution in [2.75, 3.05) is 0 Å². The highest BCUT2D eigenvalue weighted by Crippen LogP contribution is 2.32. The molecule has 6 heteroatoms. The van der Waals surface area contributed by atoms with Gasteiger partial charge in [-0.2, -0.15) is 0 Å². The number of thiophene rings is 1. The highest BCUT2D eigenvalue weighted by atomic mass is 79.9. The summed E-state index contributed by atoms with van der Waals surface area (Å²) in [7, 11) is 0. The molecule has 0 spiro atoms. The van der Waals surface area contributed by atoms with Crippen molar-refractivity contribution in [1.29, 1.82) is 0 Å². The van der Waals surface area contributed by atoms with E-state index in [0.29, 0.717) is 4.88 Å². The fourth-order valence-electron chi connectivity index (χ4n) is 0.912. The van der Waals surface area contributed by atoms with Gasteiger partial charge in [-0.3, -0.25) is 4.79 Å². The molecule has 0 fully saturated rings. The molecule has 1 rings (SSSR count). The molecule has 90 valence electrons. The maximum atomic E-state index is 12.0. The lowest BCUT2D eigenvalue weighted by Crippen LogP contribution is -2.48. The van der Waals surface area contributed by atoms with E-state index in [-0.39, 0.29) is 16.3 Å². The van der Waals surface area contributed by atoms with E-state index >= 15 is 0 Å². The zero-order valence-corrected chi connectivity index (χ0v) is 14.7. The Bertz CT molecular complexity index is 381. The summed E-state index contributed by atoms with van der Waals surface area (Å²) in [6.07, 6.45) is 0. The van der Waals surface area contributed by atoms with E-state index in [1.807, 2.05) is 26.8 Å². The van der Waals surface area contributed by atoms with E-state index in [4.69, 9.17) is 0 Å². The zero-order chi connectivity index (χ0) is 12.5. The normalized spacial score (nSPS) is 13.6. The lowest BCUT2D eigenvalue weighted by molar-refractivity contribution is 0.0918. The number of alkyl halides is 1. The lowest BCUT2D eigenvalue weighted by Gasteiger charge is -2.28. The summed E-state index contributed by atoms with van der Waals surface area (Å²) in [5.74, 6) is -0.0484. The third-order valence-electron chi connectivity index (χ3n) is 2.30. The van der Waals surface area contributed by atoms with Crippen molar-refractivity contribution >= 4 is 65.0 Å². The van der Waals surface area contributed by atoms with Crippen LogP contribution >= 0.6 is 59.1 Å². The Hall–Kier alpha value is 0.610. The smallest absolute Gasteiger partial charge is 0.261 e. The Morgan fingerprint density at radius 1 is 1.50 bits per heavy atom. The monoisotopic (exact) mass is 431 g/mol. The molecule has 1 aromatic rings. The van der Waals surface area contributed by atoms with Crippen LogP contribution in [-0.2, 0) is 0 Å². The first-order valence-electron chi connectivity index (χ1n) is 4.65. The van der Waals surface area contributed by atoms with E-state index in [2.05, 4.69) is 53.1 Å². The molecule has 0 saturated heterocycles. The van der Waals surface area contributed by atoms with Crippen LogP contribution in [0.4, 0.5) is 0 Å². The molecule has 1 N–H and O–H groups in total. The summed E-state index contributed by atoms with van der Waals surface area (Å²) in [4.78, 5) is 12.9. The largest absolute Gasteiger partial charge is 0.345 e. The molecule has 1 aromatic heterocycles. The van der Waals surface area contributed by atoms with Crippen LogP contribution in [-0.4, -0.2) is 16.3 Å². The topological polar surface area (TPSA) is 29.1 Å². The van der Waals surface area contributed by atoms with Gasteiger partial charge >= 0.3 is 0 Å². The Morgan fingerprint density at radius 3 is 2.44 bits per heavy atom. The fourth-order valence-corrected chi connectivity index (χ4v) is 2.96. The molecule has 1 heterocycles. The van der Waals surface area contributed by atoms with Gasteiger partial charge in [-0.1, -0.05) is 22.9 Å². The fraction of sp³-hybridized carbons (Fsp3) is 0.500. The van der Waals surface area contributed by atoms with Crippen LogP contribution in [0.25, 0.3) is 0 Å². The van der Waals surface area contributed by atoms with E-state index in [1.165, 1.54) is 11.3 Å².